The van der Waals surface area contributed by atoms with Crippen LogP contribution in [0.2, 0.25) is 0 Å². The number of methoxy groups -OCH3 is 1. The summed E-state index contributed by atoms with van der Waals surface area (Å²) in [6, 6.07) is -0.00972. The lowest BCUT2D eigenvalue weighted by atomic mass is 10.1. The van der Waals surface area contributed by atoms with E-state index in [4.69, 9.17) is 10.5 Å². The van der Waals surface area contributed by atoms with E-state index >= 15 is 0 Å². The molecule has 1 aliphatic heterocycles. The highest BCUT2D eigenvalue weighted by atomic mass is 16.5. The third-order valence-corrected chi connectivity index (χ3v) is 3.33. The molecule has 5 heteroatoms. The smallest absolute Gasteiger partial charge is 0.149 e. The Labute approximate surface area is 102 Å². The first-order valence-corrected chi connectivity index (χ1v) is 6.49. The Morgan fingerprint density at radius 2 is 2.24 bits per heavy atom. The molecule has 2 rings (SSSR count). The van der Waals surface area contributed by atoms with Gasteiger partial charge in [0.05, 0.1) is 6.04 Å². The van der Waals surface area contributed by atoms with E-state index in [0.29, 0.717) is 0 Å². The summed E-state index contributed by atoms with van der Waals surface area (Å²) < 4.78 is 7.27. The molecule has 0 saturated carbocycles. The Hall–Kier alpha value is -0.940. The topological polar surface area (TPSA) is 66.0 Å². The summed E-state index contributed by atoms with van der Waals surface area (Å²) in [6.07, 6.45) is 6.63. The van der Waals surface area contributed by atoms with Gasteiger partial charge in [-0.05, 0) is 25.7 Å². The fourth-order valence-corrected chi connectivity index (χ4v) is 2.36. The second kappa shape index (κ2) is 6.12. The summed E-state index contributed by atoms with van der Waals surface area (Å²) in [5, 5.41) is 8.53. The van der Waals surface area contributed by atoms with Gasteiger partial charge in [-0.2, -0.15) is 0 Å². The third kappa shape index (κ3) is 3.04. The number of hydrogen-bond donors (Lipinski definition) is 1. The van der Waals surface area contributed by atoms with Gasteiger partial charge in [0, 0.05) is 26.7 Å². The lowest BCUT2D eigenvalue weighted by Crippen LogP contribution is -2.18. The number of hydrogen-bond acceptors (Lipinski definition) is 4. The molecule has 0 aliphatic carbocycles. The monoisotopic (exact) mass is 238 g/mol. The summed E-state index contributed by atoms with van der Waals surface area (Å²) in [5.74, 6) is 2.07. The van der Waals surface area contributed by atoms with Crippen LogP contribution in [0.4, 0.5) is 0 Å². The van der Waals surface area contributed by atoms with Gasteiger partial charge in [-0.1, -0.05) is 6.42 Å². The molecule has 17 heavy (non-hydrogen) atoms. The van der Waals surface area contributed by atoms with Gasteiger partial charge in [0.25, 0.3) is 0 Å². The van der Waals surface area contributed by atoms with E-state index in [-0.39, 0.29) is 6.04 Å². The first-order chi connectivity index (χ1) is 8.33. The van der Waals surface area contributed by atoms with E-state index in [1.54, 1.807) is 7.11 Å². The van der Waals surface area contributed by atoms with Crippen LogP contribution in [-0.4, -0.2) is 28.5 Å². The molecule has 0 aromatic carbocycles. The second-order valence-corrected chi connectivity index (χ2v) is 4.68. The highest BCUT2D eigenvalue weighted by Crippen LogP contribution is 2.19. The van der Waals surface area contributed by atoms with E-state index in [1.807, 2.05) is 0 Å². The van der Waals surface area contributed by atoms with Gasteiger partial charge in [0.1, 0.15) is 11.6 Å². The van der Waals surface area contributed by atoms with Gasteiger partial charge in [-0.15, -0.1) is 10.2 Å². The number of aromatic nitrogens is 3. The predicted molar refractivity (Wildman–Crippen MR) is 65.6 cm³/mol. The molecule has 2 N–H and O–H groups in total. The SMILES string of the molecule is COCCCC(N)c1nnc2n1CCCCC2. The predicted octanol–water partition coefficient (Wildman–Crippen LogP) is 1.43. The first kappa shape index (κ1) is 12.5. The molecule has 0 fully saturated rings. The maximum absolute atomic E-state index is 6.18. The van der Waals surface area contributed by atoms with Gasteiger partial charge >= 0.3 is 0 Å². The molecule has 0 radical (unpaired) electrons. The van der Waals surface area contributed by atoms with Crippen molar-refractivity contribution >= 4 is 0 Å². The van der Waals surface area contributed by atoms with Crippen molar-refractivity contribution in [3.8, 4) is 0 Å². The van der Waals surface area contributed by atoms with Crippen LogP contribution in [0.3, 0.4) is 0 Å². The van der Waals surface area contributed by atoms with Crippen molar-refractivity contribution in [1.82, 2.24) is 14.8 Å². The summed E-state index contributed by atoms with van der Waals surface area (Å²) in [5.41, 5.74) is 6.18. The summed E-state index contributed by atoms with van der Waals surface area (Å²) >= 11 is 0. The Kier molecular flexibility index (Phi) is 4.50. The van der Waals surface area contributed by atoms with E-state index in [1.165, 1.54) is 19.3 Å². The molecule has 1 aromatic heterocycles. The third-order valence-electron chi connectivity index (χ3n) is 3.33. The van der Waals surface area contributed by atoms with Crippen molar-refractivity contribution < 1.29 is 4.74 Å². The first-order valence-electron chi connectivity index (χ1n) is 6.49. The highest BCUT2D eigenvalue weighted by molar-refractivity contribution is 5.02. The molecular weight excluding hydrogens is 216 g/mol. The van der Waals surface area contributed by atoms with Gasteiger partial charge < -0.3 is 15.0 Å². The van der Waals surface area contributed by atoms with Crippen LogP contribution in [0.1, 0.15) is 49.8 Å². The van der Waals surface area contributed by atoms with Crippen LogP contribution in [0.15, 0.2) is 0 Å². The number of nitrogens with two attached hydrogens (primary N) is 1. The fraction of sp³-hybridized carbons (Fsp3) is 0.833. The zero-order chi connectivity index (χ0) is 12.1. The van der Waals surface area contributed by atoms with Crippen molar-refractivity contribution in [1.29, 1.82) is 0 Å². The molecule has 1 unspecified atom stereocenters. The quantitative estimate of drug-likeness (QED) is 0.788. The van der Waals surface area contributed by atoms with Crippen molar-refractivity contribution in [3.05, 3.63) is 11.6 Å². The zero-order valence-corrected chi connectivity index (χ0v) is 10.6. The minimum Gasteiger partial charge on any atom is -0.385 e. The molecule has 5 nitrogen and oxygen atoms in total. The van der Waals surface area contributed by atoms with Crippen molar-refractivity contribution in [2.45, 2.75) is 51.1 Å². The van der Waals surface area contributed by atoms with Crippen LogP contribution in [-0.2, 0) is 17.7 Å². The van der Waals surface area contributed by atoms with E-state index < -0.39 is 0 Å². The van der Waals surface area contributed by atoms with E-state index in [0.717, 1.165) is 44.1 Å². The average molecular weight is 238 g/mol. The van der Waals surface area contributed by atoms with Crippen LogP contribution in [0.25, 0.3) is 0 Å². The number of fused-ring (bicyclic) bond motifs is 1. The zero-order valence-electron chi connectivity index (χ0n) is 10.6. The van der Waals surface area contributed by atoms with Crippen LogP contribution >= 0.6 is 0 Å². The van der Waals surface area contributed by atoms with E-state index in [9.17, 15) is 0 Å². The lowest BCUT2D eigenvalue weighted by molar-refractivity contribution is 0.190. The molecule has 0 amide bonds. The van der Waals surface area contributed by atoms with Crippen LogP contribution in [0.5, 0.6) is 0 Å². The van der Waals surface area contributed by atoms with Crippen LogP contribution < -0.4 is 5.73 Å². The van der Waals surface area contributed by atoms with Gasteiger partial charge in [0.15, 0.2) is 0 Å². The molecule has 96 valence electrons. The lowest BCUT2D eigenvalue weighted by Gasteiger charge is -2.13. The molecule has 0 saturated heterocycles. The van der Waals surface area contributed by atoms with E-state index in [2.05, 4.69) is 14.8 Å². The average Bonchev–Trinajstić information content (AvgIpc) is 2.59. The van der Waals surface area contributed by atoms with Crippen molar-refractivity contribution in [2.75, 3.05) is 13.7 Å². The Morgan fingerprint density at radius 3 is 3.06 bits per heavy atom. The molecule has 0 spiro atoms. The summed E-state index contributed by atoms with van der Waals surface area (Å²) in [6.45, 7) is 1.78. The Balaban J connectivity index is 2.02. The molecule has 1 aromatic rings. The maximum atomic E-state index is 6.18. The molecule has 2 heterocycles. The van der Waals surface area contributed by atoms with Crippen LogP contribution in [0, 0.1) is 0 Å². The fourth-order valence-electron chi connectivity index (χ4n) is 2.36. The second-order valence-electron chi connectivity index (χ2n) is 4.68. The van der Waals surface area contributed by atoms with Gasteiger partial charge in [-0.3, -0.25) is 0 Å². The normalized spacial score (nSPS) is 17.5. The Morgan fingerprint density at radius 1 is 1.35 bits per heavy atom. The largest absolute Gasteiger partial charge is 0.385 e. The number of ether oxygens (including phenoxy) is 1. The van der Waals surface area contributed by atoms with Gasteiger partial charge in [0.2, 0.25) is 0 Å². The minimum atomic E-state index is -0.00972. The van der Waals surface area contributed by atoms with Gasteiger partial charge in [-0.25, -0.2) is 0 Å². The van der Waals surface area contributed by atoms with Crippen molar-refractivity contribution in [3.63, 3.8) is 0 Å². The number of rotatable bonds is 5. The number of aryl methyl sites for hydroxylation is 1. The summed E-state index contributed by atoms with van der Waals surface area (Å²) in [7, 11) is 1.72. The maximum Gasteiger partial charge on any atom is 0.149 e. The summed E-state index contributed by atoms with van der Waals surface area (Å²) in [4.78, 5) is 0. The Bertz CT molecular complexity index is 350. The van der Waals surface area contributed by atoms with Crippen molar-refractivity contribution in [2.24, 2.45) is 5.73 Å². The minimum absolute atomic E-state index is 0.00972. The highest BCUT2D eigenvalue weighted by Gasteiger charge is 2.19. The standard InChI is InChI=1S/C12H22N4O/c1-17-9-5-6-10(13)12-15-14-11-7-3-2-4-8-16(11)12/h10H,2-9,13H2,1H3. The number of nitrogens with zero attached hydrogens (tertiary/aromatic N) is 3. The molecule has 1 atom stereocenters. The molecule has 1 aliphatic rings. The molecular formula is C12H22N4O. The molecule has 0 bridgehead atoms.